The quantitative estimate of drug-likeness (QED) is 0.835. The number of amides is 1. The van der Waals surface area contributed by atoms with E-state index in [0.29, 0.717) is 0 Å². The van der Waals surface area contributed by atoms with E-state index in [1.54, 1.807) is 0 Å². The van der Waals surface area contributed by atoms with Crippen LogP contribution in [-0.2, 0) is 9.59 Å². The first-order chi connectivity index (χ1) is 9.09. The molecule has 2 aliphatic heterocycles. The van der Waals surface area contributed by atoms with Crippen LogP contribution in [0.2, 0.25) is 0 Å². The number of carbonyl (C=O) groups is 2. The lowest BCUT2D eigenvalue weighted by Crippen LogP contribution is -2.50. The Morgan fingerprint density at radius 1 is 1.16 bits per heavy atom. The lowest BCUT2D eigenvalue weighted by atomic mass is 10.1. The van der Waals surface area contributed by atoms with Crippen molar-refractivity contribution in [1.29, 1.82) is 0 Å². The zero-order chi connectivity index (χ0) is 13.8. The monoisotopic (exact) mass is 268 g/mol. The Hall–Kier alpha value is -1.10. The van der Waals surface area contributed by atoms with Gasteiger partial charge in [0, 0.05) is 19.1 Å². The summed E-state index contributed by atoms with van der Waals surface area (Å²) in [5.74, 6) is -0.591. The minimum atomic E-state index is -0.769. The molecule has 2 aliphatic rings. The van der Waals surface area contributed by atoms with Crippen LogP contribution in [0.1, 0.15) is 45.4 Å². The van der Waals surface area contributed by atoms with Crippen molar-refractivity contribution in [2.24, 2.45) is 0 Å². The number of piperidine rings is 1. The molecule has 5 nitrogen and oxygen atoms in total. The Morgan fingerprint density at radius 2 is 1.84 bits per heavy atom. The zero-order valence-corrected chi connectivity index (χ0v) is 11.7. The van der Waals surface area contributed by atoms with Gasteiger partial charge in [0.1, 0.15) is 0 Å². The van der Waals surface area contributed by atoms with Crippen molar-refractivity contribution in [3.05, 3.63) is 0 Å². The maximum atomic E-state index is 12.5. The molecule has 19 heavy (non-hydrogen) atoms. The van der Waals surface area contributed by atoms with E-state index in [9.17, 15) is 9.59 Å². The van der Waals surface area contributed by atoms with Crippen LogP contribution in [0.5, 0.6) is 0 Å². The molecule has 5 heteroatoms. The van der Waals surface area contributed by atoms with E-state index in [0.717, 1.165) is 45.3 Å². The van der Waals surface area contributed by atoms with Gasteiger partial charge >= 0.3 is 5.97 Å². The van der Waals surface area contributed by atoms with Gasteiger partial charge in [-0.1, -0.05) is 0 Å². The average Bonchev–Trinajstić information content (AvgIpc) is 2.85. The van der Waals surface area contributed by atoms with Crippen LogP contribution in [0.3, 0.4) is 0 Å². The van der Waals surface area contributed by atoms with Gasteiger partial charge in [-0.05, 0) is 45.6 Å². The fraction of sp³-hybridized carbons (Fsp3) is 0.857. The molecule has 0 radical (unpaired) electrons. The lowest BCUT2D eigenvalue weighted by molar-refractivity contribution is -0.142. The van der Waals surface area contributed by atoms with Gasteiger partial charge in [0.05, 0.1) is 12.5 Å². The number of hydrogen-bond acceptors (Lipinski definition) is 3. The molecule has 108 valence electrons. The second kappa shape index (κ2) is 6.37. The second-order valence-electron chi connectivity index (χ2n) is 5.69. The van der Waals surface area contributed by atoms with Crippen LogP contribution in [0, 0.1) is 0 Å². The highest BCUT2D eigenvalue weighted by atomic mass is 16.4. The van der Waals surface area contributed by atoms with Gasteiger partial charge in [0.25, 0.3) is 0 Å². The average molecular weight is 268 g/mol. The molecule has 2 unspecified atom stereocenters. The minimum absolute atomic E-state index is 0.0289. The lowest BCUT2D eigenvalue weighted by Gasteiger charge is -2.35. The van der Waals surface area contributed by atoms with E-state index in [2.05, 4.69) is 4.90 Å². The van der Waals surface area contributed by atoms with Crippen LogP contribution in [-0.4, -0.2) is 58.5 Å². The van der Waals surface area contributed by atoms with Gasteiger partial charge in [-0.2, -0.15) is 0 Å². The van der Waals surface area contributed by atoms with Crippen LogP contribution >= 0.6 is 0 Å². The molecule has 2 heterocycles. The number of likely N-dealkylation sites (tertiary alicyclic amines) is 2. The summed E-state index contributed by atoms with van der Waals surface area (Å²) in [6.07, 6.45) is 5.44. The summed E-state index contributed by atoms with van der Waals surface area (Å²) in [6.45, 7) is 4.50. The molecule has 0 saturated carbocycles. The molecule has 2 atom stereocenters. The van der Waals surface area contributed by atoms with Gasteiger partial charge in [0.15, 0.2) is 0 Å². The Morgan fingerprint density at radius 3 is 2.47 bits per heavy atom. The molecule has 2 saturated heterocycles. The highest BCUT2D eigenvalue weighted by Crippen LogP contribution is 2.24. The Bertz CT molecular complexity index is 340. The van der Waals surface area contributed by atoms with Gasteiger partial charge in [-0.15, -0.1) is 0 Å². The van der Waals surface area contributed by atoms with Crippen molar-refractivity contribution >= 4 is 11.9 Å². The summed E-state index contributed by atoms with van der Waals surface area (Å²) in [6, 6.07) is -0.147. The molecule has 0 spiro atoms. The maximum absolute atomic E-state index is 12.5. The normalized spacial score (nSPS) is 26.4. The third kappa shape index (κ3) is 3.47. The molecule has 0 aromatic carbocycles. The summed E-state index contributed by atoms with van der Waals surface area (Å²) >= 11 is 0. The number of nitrogens with zero attached hydrogens (tertiary/aromatic N) is 2. The third-order valence-electron chi connectivity index (χ3n) is 4.36. The van der Waals surface area contributed by atoms with Crippen molar-refractivity contribution in [3.63, 3.8) is 0 Å². The summed E-state index contributed by atoms with van der Waals surface area (Å²) in [5.41, 5.74) is 0. The number of carbonyl (C=O) groups excluding carboxylic acids is 1. The molecule has 1 N–H and O–H groups in total. The topological polar surface area (TPSA) is 60.9 Å². The van der Waals surface area contributed by atoms with Gasteiger partial charge in [0.2, 0.25) is 5.91 Å². The van der Waals surface area contributed by atoms with E-state index in [4.69, 9.17) is 5.11 Å². The van der Waals surface area contributed by atoms with Crippen molar-refractivity contribution in [2.75, 3.05) is 19.6 Å². The number of aliphatic carboxylic acids is 1. The molecule has 1 amide bonds. The van der Waals surface area contributed by atoms with E-state index in [-0.39, 0.29) is 24.4 Å². The first-order valence-corrected chi connectivity index (χ1v) is 7.36. The van der Waals surface area contributed by atoms with E-state index in [1.807, 2.05) is 11.8 Å². The largest absolute Gasteiger partial charge is 0.481 e. The van der Waals surface area contributed by atoms with Crippen molar-refractivity contribution in [1.82, 2.24) is 9.80 Å². The minimum Gasteiger partial charge on any atom is -0.481 e. The molecule has 0 aromatic heterocycles. The first-order valence-electron chi connectivity index (χ1n) is 7.36. The van der Waals surface area contributed by atoms with E-state index >= 15 is 0 Å². The molecular weight excluding hydrogens is 244 g/mol. The fourth-order valence-electron chi connectivity index (χ4n) is 3.31. The van der Waals surface area contributed by atoms with Crippen LogP contribution in [0.4, 0.5) is 0 Å². The predicted molar refractivity (Wildman–Crippen MR) is 71.9 cm³/mol. The van der Waals surface area contributed by atoms with Crippen molar-refractivity contribution in [2.45, 2.75) is 57.5 Å². The Kier molecular flexibility index (Phi) is 4.80. The molecule has 2 fully saturated rings. The van der Waals surface area contributed by atoms with Crippen molar-refractivity contribution < 1.29 is 14.7 Å². The predicted octanol–water partition coefficient (Wildman–Crippen LogP) is 1.33. The van der Waals surface area contributed by atoms with Gasteiger partial charge < -0.3 is 10.0 Å². The van der Waals surface area contributed by atoms with Crippen LogP contribution in [0.15, 0.2) is 0 Å². The highest BCUT2D eigenvalue weighted by molar-refractivity contribution is 5.81. The second-order valence-corrected chi connectivity index (χ2v) is 5.69. The first kappa shape index (κ1) is 14.3. The molecule has 0 bridgehead atoms. The van der Waals surface area contributed by atoms with E-state index < -0.39 is 5.97 Å². The number of hydrogen-bond donors (Lipinski definition) is 1. The molecule has 2 rings (SSSR count). The van der Waals surface area contributed by atoms with Gasteiger partial charge in [-0.25, -0.2) is 0 Å². The van der Waals surface area contributed by atoms with Gasteiger partial charge in [-0.3, -0.25) is 14.5 Å². The summed E-state index contributed by atoms with van der Waals surface area (Å²) in [4.78, 5) is 27.4. The number of carboxylic acid groups (broad SMARTS) is 1. The zero-order valence-electron chi connectivity index (χ0n) is 11.7. The fourth-order valence-corrected chi connectivity index (χ4v) is 3.31. The summed E-state index contributed by atoms with van der Waals surface area (Å²) in [5, 5.41) is 8.94. The molecular formula is C14H24N2O3. The van der Waals surface area contributed by atoms with E-state index in [1.165, 1.54) is 6.42 Å². The Balaban J connectivity index is 1.95. The standard InChI is InChI=1S/C14H24N2O3/c1-11(14(19)15-7-3-2-4-8-15)16-9-5-6-12(16)10-13(17)18/h11-12H,2-10H2,1H3,(H,17,18). The Labute approximate surface area is 114 Å². The highest BCUT2D eigenvalue weighted by Gasteiger charge is 2.35. The summed E-state index contributed by atoms with van der Waals surface area (Å²) < 4.78 is 0. The van der Waals surface area contributed by atoms with Crippen LogP contribution in [0.25, 0.3) is 0 Å². The number of carboxylic acids is 1. The van der Waals surface area contributed by atoms with Crippen molar-refractivity contribution in [3.8, 4) is 0 Å². The molecule has 0 aromatic rings. The maximum Gasteiger partial charge on any atom is 0.304 e. The smallest absolute Gasteiger partial charge is 0.304 e. The van der Waals surface area contributed by atoms with Crippen LogP contribution < -0.4 is 0 Å². The summed E-state index contributed by atoms with van der Waals surface area (Å²) in [7, 11) is 0. The SMILES string of the molecule is CC(C(=O)N1CCCCC1)N1CCCC1CC(=O)O. The number of rotatable bonds is 4. The molecule has 0 aliphatic carbocycles. The third-order valence-corrected chi connectivity index (χ3v) is 4.36.